The summed E-state index contributed by atoms with van der Waals surface area (Å²) < 4.78 is 5.32. The number of hydrogen-bond donors (Lipinski definition) is 1. The number of carbonyl (C=O) groups excluding carboxylic acids is 1. The first-order valence-corrected chi connectivity index (χ1v) is 6.71. The van der Waals surface area contributed by atoms with Gasteiger partial charge in [-0.15, -0.1) is 0 Å². The first-order chi connectivity index (χ1) is 9.49. The van der Waals surface area contributed by atoms with Crippen molar-refractivity contribution in [2.75, 3.05) is 13.1 Å². The minimum atomic E-state index is -1.03. The molecular weight excluding hydrogens is 258 g/mol. The zero-order valence-corrected chi connectivity index (χ0v) is 11.7. The van der Waals surface area contributed by atoms with Crippen LogP contribution < -0.4 is 0 Å². The summed E-state index contributed by atoms with van der Waals surface area (Å²) in [5, 5.41) is 9.05. The molecule has 1 aliphatic rings. The fourth-order valence-electron chi connectivity index (χ4n) is 2.43. The summed E-state index contributed by atoms with van der Waals surface area (Å²) >= 11 is 0. The summed E-state index contributed by atoms with van der Waals surface area (Å²) in [6.45, 7) is 4.16. The fraction of sp³-hybridized carbons (Fsp3) is 0.467. The van der Waals surface area contributed by atoms with Gasteiger partial charge in [0.05, 0.1) is 18.6 Å². The van der Waals surface area contributed by atoms with E-state index in [1.54, 1.807) is 11.8 Å². The van der Waals surface area contributed by atoms with E-state index in [9.17, 15) is 9.59 Å². The van der Waals surface area contributed by atoms with E-state index >= 15 is 0 Å². The molecule has 5 nitrogen and oxygen atoms in total. The van der Waals surface area contributed by atoms with E-state index in [-0.39, 0.29) is 24.5 Å². The van der Waals surface area contributed by atoms with Crippen LogP contribution in [-0.4, -0.2) is 47.2 Å². The van der Waals surface area contributed by atoms with E-state index in [0.717, 1.165) is 5.56 Å². The molecule has 0 bridgehead atoms. The van der Waals surface area contributed by atoms with E-state index in [1.807, 2.05) is 37.3 Å². The van der Waals surface area contributed by atoms with Gasteiger partial charge < -0.3 is 14.7 Å². The molecule has 1 aromatic carbocycles. The molecule has 1 N–H and O–H groups in total. The highest BCUT2D eigenvalue weighted by molar-refractivity contribution is 5.84. The molecule has 1 aromatic rings. The maximum absolute atomic E-state index is 12.5. The minimum Gasteiger partial charge on any atom is -0.479 e. The number of morpholine rings is 1. The number of hydrogen-bond acceptors (Lipinski definition) is 3. The zero-order valence-electron chi connectivity index (χ0n) is 11.7. The number of amides is 1. The molecule has 20 heavy (non-hydrogen) atoms. The van der Waals surface area contributed by atoms with Crippen molar-refractivity contribution in [1.29, 1.82) is 0 Å². The Labute approximate surface area is 118 Å². The maximum atomic E-state index is 12.5. The molecular formula is C15H19NO4. The van der Waals surface area contributed by atoms with Crippen molar-refractivity contribution in [3.63, 3.8) is 0 Å². The third-order valence-corrected chi connectivity index (χ3v) is 3.52. The molecule has 1 saturated heterocycles. The van der Waals surface area contributed by atoms with Crippen molar-refractivity contribution in [3.05, 3.63) is 35.9 Å². The number of nitrogens with zero attached hydrogens (tertiary/aromatic N) is 1. The van der Waals surface area contributed by atoms with Crippen LogP contribution in [0.25, 0.3) is 0 Å². The summed E-state index contributed by atoms with van der Waals surface area (Å²) in [5.41, 5.74) is 0.934. The van der Waals surface area contributed by atoms with Gasteiger partial charge in [-0.25, -0.2) is 4.79 Å². The molecule has 0 aliphatic carbocycles. The van der Waals surface area contributed by atoms with E-state index in [4.69, 9.17) is 9.84 Å². The van der Waals surface area contributed by atoms with Crippen LogP contribution in [-0.2, 0) is 14.3 Å². The van der Waals surface area contributed by atoms with Gasteiger partial charge in [-0.1, -0.05) is 30.3 Å². The standard InChI is InChI=1S/C15H19NO4/c1-10-8-16(9-13(20-10)15(18)19)14(17)11(2)12-6-4-3-5-7-12/h3-7,10-11,13H,8-9H2,1-2H3,(H,18,19)/t10-,11-,13?/m1/s1. The third kappa shape index (κ3) is 3.17. The largest absolute Gasteiger partial charge is 0.479 e. The first kappa shape index (κ1) is 14.5. The second-order valence-corrected chi connectivity index (χ2v) is 5.15. The minimum absolute atomic E-state index is 0.0578. The Morgan fingerprint density at radius 3 is 2.55 bits per heavy atom. The van der Waals surface area contributed by atoms with Gasteiger partial charge in [0.2, 0.25) is 5.91 Å². The predicted molar refractivity (Wildman–Crippen MR) is 73.4 cm³/mol. The first-order valence-electron chi connectivity index (χ1n) is 6.71. The van der Waals surface area contributed by atoms with Crippen LogP contribution in [0.15, 0.2) is 30.3 Å². The molecule has 1 aliphatic heterocycles. The number of carboxylic acids is 1. The van der Waals surface area contributed by atoms with Crippen molar-refractivity contribution >= 4 is 11.9 Å². The van der Waals surface area contributed by atoms with Crippen LogP contribution in [0.5, 0.6) is 0 Å². The summed E-state index contributed by atoms with van der Waals surface area (Å²) in [5.74, 6) is -1.37. The average molecular weight is 277 g/mol. The number of ether oxygens (including phenoxy) is 1. The number of carboxylic acid groups (broad SMARTS) is 1. The second-order valence-electron chi connectivity index (χ2n) is 5.15. The number of rotatable bonds is 3. The molecule has 108 valence electrons. The Balaban J connectivity index is 2.10. The van der Waals surface area contributed by atoms with Crippen LogP contribution in [0.3, 0.4) is 0 Å². The molecule has 0 radical (unpaired) electrons. The molecule has 1 heterocycles. The highest BCUT2D eigenvalue weighted by atomic mass is 16.5. The SMILES string of the molecule is C[C@@H]1CN(C(=O)[C@H](C)c2ccccc2)CC(C(=O)O)O1. The number of aliphatic carboxylic acids is 1. The van der Waals surface area contributed by atoms with E-state index in [2.05, 4.69) is 0 Å². The number of benzene rings is 1. The van der Waals surface area contributed by atoms with Crippen molar-refractivity contribution in [3.8, 4) is 0 Å². The van der Waals surface area contributed by atoms with Crippen LogP contribution in [0.2, 0.25) is 0 Å². The topological polar surface area (TPSA) is 66.8 Å². The lowest BCUT2D eigenvalue weighted by Crippen LogP contribution is -2.52. The molecule has 1 fully saturated rings. The Morgan fingerprint density at radius 1 is 1.30 bits per heavy atom. The Kier molecular flexibility index (Phi) is 4.39. The molecule has 0 saturated carbocycles. The van der Waals surface area contributed by atoms with E-state index in [1.165, 1.54) is 0 Å². The van der Waals surface area contributed by atoms with Gasteiger partial charge in [-0.3, -0.25) is 4.79 Å². The lowest BCUT2D eigenvalue weighted by atomic mass is 9.99. The van der Waals surface area contributed by atoms with Gasteiger partial charge in [0.15, 0.2) is 6.10 Å². The van der Waals surface area contributed by atoms with Gasteiger partial charge in [0.1, 0.15) is 0 Å². The Morgan fingerprint density at radius 2 is 1.95 bits per heavy atom. The van der Waals surface area contributed by atoms with Crippen molar-refractivity contribution in [1.82, 2.24) is 4.90 Å². The van der Waals surface area contributed by atoms with Gasteiger partial charge in [-0.05, 0) is 19.4 Å². The monoisotopic (exact) mass is 277 g/mol. The van der Waals surface area contributed by atoms with E-state index in [0.29, 0.717) is 6.54 Å². The summed E-state index contributed by atoms with van der Waals surface area (Å²) in [7, 11) is 0. The van der Waals surface area contributed by atoms with Crippen LogP contribution >= 0.6 is 0 Å². The lowest BCUT2D eigenvalue weighted by Gasteiger charge is -2.36. The Bertz CT molecular complexity index is 488. The molecule has 0 aromatic heterocycles. The predicted octanol–water partition coefficient (Wildman–Crippen LogP) is 1.49. The Hall–Kier alpha value is -1.88. The average Bonchev–Trinajstić information content (AvgIpc) is 2.46. The normalized spacial score (nSPS) is 24.2. The lowest BCUT2D eigenvalue weighted by molar-refractivity contribution is -0.166. The molecule has 1 unspecified atom stereocenters. The highest BCUT2D eigenvalue weighted by Crippen LogP contribution is 2.21. The summed E-state index contributed by atoms with van der Waals surface area (Å²) in [6.07, 6.45) is -1.21. The second kappa shape index (κ2) is 6.05. The highest BCUT2D eigenvalue weighted by Gasteiger charge is 2.34. The van der Waals surface area contributed by atoms with Crippen LogP contribution in [0.4, 0.5) is 0 Å². The summed E-state index contributed by atoms with van der Waals surface area (Å²) in [4.78, 5) is 25.1. The van der Waals surface area contributed by atoms with E-state index < -0.39 is 12.1 Å². The third-order valence-electron chi connectivity index (χ3n) is 3.52. The molecule has 0 spiro atoms. The van der Waals surface area contributed by atoms with Crippen molar-refractivity contribution in [2.24, 2.45) is 0 Å². The molecule has 3 atom stereocenters. The van der Waals surface area contributed by atoms with Gasteiger partial charge in [-0.2, -0.15) is 0 Å². The molecule has 2 rings (SSSR count). The van der Waals surface area contributed by atoms with Crippen LogP contribution in [0, 0.1) is 0 Å². The van der Waals surface area contributed by atoms with Crippen molar-refractivity contribution < 1.29 is 19.4 Å². The van der Waals surface area contributed by atoms with Gasteiger partial charge in [0, 0.05) is 6.54 Å². The summed E-state index contributed by atoms with van der Waals surface area (Å²) in [6, 6.07) is 9.49. The van der Waals surface area contributed by atoms with Gasteiger partial charge in [0.25, 0.3) is 0 Å². The van der Waals surface area contributed by atoms with Crippen LogP contribution in [0.1, 0.15) is 25.3 Å². The molecule has 1 amide bonds. The quantitative estimate of drug-likeness (QED) is 0.909. The fourth-order valence-corrected chi connectivity index (χ4v) is 2.43. The maximum Gasteiger partial charge on any atom is 0.334 e. The van der Waals surface area contributed by atoms with Gasteiger partial charge >= 0.3 is 5.97 Å². The number of carbonyl (C=O) groups is 2. The smallest absolute Gasteiger partial charge is 0.334 e. The van der Waals surface area contributed by atoms with Crippen molar-refractivity contribution in [2.45, 2.75) is 32.0 Å². The zero-order chi connectivity index (χ0) is 14.7. The molecule has 5 heteroatoms.